The van der Waals surface area contributed by atoms with E-state index in [4.69, 9.17) is 10.5 Å². The summed E-state index contributed by atoms with van der Waals surface area (Å²) in [5, 5.41) is 0. The van der Waals surface area contributed by atoms with E-state index in [1.807, 2.05) is 30.3 Å². The van der Waals surface area contributed by atoms with E-state index in [1.54, 1.807) is 18.2 Å². The largest absolute Gasteiger partial charge is 0.455 e. The summed E-state index contributed by atoms with van der Waals surface area (Å²) >= 11 is 0. The number of hydrogen-bond donors (Lipinski definition) is 1. The van der Waals surface area contributed by atoms with Crippen molar-refractivity contribution in [3.05, 3.63) is 54.1 Å². The molecule has 3 heteroatoms. The van der Waals surface area contributed by atoms with Crippen LogP contribution in [0.25, 0.3) is 0 Å². The Morgan fingerprint density at radius 2 is 1.82 bits per heavy atom. The van der Waals surface area contributed by atoms with Crippen LogP contribution in [0.3, 0.4) is 0 Å². The van der Waals surface area contributed by atoms with Gasteiger partial charge in [0.15, 0.2) is 5.78 Å². The molecule has 2 aromatic carbocycles. The van der Waals surface area contributed by atoms with Crippen LogP contribution < -0.4 is 10.5 Å². The van der Waals surface area contributed by atoms with Crippen molar-refractivity contribution in [3.63, 3.8) is 0 Å². The molecular weight excluding hydrogens is 214 g/mol. The number of hydrogen-bond acceptors (Lipinski definition) is 3. The number of nitrogen functional groups attached to an aromatic ring is 1. The molecule has 3 nitrogen and oxygen atoms in total. The maximum Gasteiger partial charge on any atom is 0.159 e. The molecule has 86 valence electrons. The topological polar surface area (TPSA) is 52.3 Å². The molecule has 0 saturated heterocycles. The number of rotatable bonds is 3. The minimum absolute atomic E-state index is 0.0111. The van der Waals surface area contributed by atoms with E-state index in [0.29, 0.717) is 17.0 Å². The summed E-state index contributed by atoms with van der Waals surface area (Å²) in [6.45, 7) is 1.51. The molecule has 0 aliphatic rings. The van der Waals surface area contributed by atoms with E-state index in [-0.39, 0.29) is 5.78 Å². The Morgan fingerprint density at radius 3 is 2.41 bits per heavy atom. The zero-order valence-electron chi connectivity index (χ0n) is 9.51. The third-order valence-corrected chi connectivity index (χ3v) is 2.39. The monoisotopic (exact) mass is 227 g/mol. The quantitative estimate of drug-likeness (QED) is 0.646. The molecule has 17 heavy (non-hydrogen) atoms. The third kappa shape index (κ3) is 2.64. The van der Waals surface area contributed by atoms with Crippen molar-refractivity contribution in [1.82, 2.24) is 0 Å². The Labute approximate surface area is 99.8 Å². The highest BCUT2D eigenvalue weighted by atomic mass is 16.5. The van der Waals surface area contributed by atoms with Crippen molar-refractivity contribution in [3.8, 4) is 11.5 Å². The number of Topliss-reactive ketones (excluding diaryl/α,β-unsaturated/α-hetero) is 1. The van der Waals surface area contributed by atoms with E-state index in [2.05, 4.69) is 0 Å². The van der Waals surface area contributed by atoms with Crippen LogP contribution in [-0.2, 0) is 0 Å². The SMILES string of the molecule is CC(=O)c1ccc(Oc2ccccc2)c(N)c1. The lowest BCUT2D eigenvalue weighted by Gasteiger charge is -2.08. The summed E-state index contributed by atoms with van der Waals surface area (Å²) < 4.78 is 5.61. The maximum absolute atomic E-state index is 11.2. The van der Waals surface area contributed by atoms with Gasteiger partial charge in [-0.1, -0.05) is 18.2 Å². The van der Waals surface area contributed by atoms with Gasteiger partial charge in [-0.25, -0.2) is 0 Å². The molecule has 0 saturated carbocycles. The van der Waals surface area contributed by atoms with Gasteiger partial charge < -0.3 is 10.5 Å². The molecule has 0 fully saturated rings. The highest BCUT2D eigenvalue weighted by molar-refractivity contribution is 5.95. The van der Waals surface area contributed by atoms with Crippen molar-refractivity contribution in [2.24, 2.45) is 0 Å². The first-order valence-electron chi connectivity index (χ1n) is 5.30. The number of ketones is 1. The Kier molecular flexibility index (Phi) is 3.10. The Balaban J connectivity index is 2.26. The number of benzene rings is 2. The zero-order valence-corrected chi connectivity index (χ0v) is 9.51. The lowest BCUT2D eigenvalue weighted by atomic mass is 10.1. The molecule has 2 N–H and O–H groups in total. The first-order chi connectivity index (χ1) is 8.16. The standard InChI is InChI=1S/C14H13NO2/c1-10(16)11-7-8-14(13(15)9-11)17-12-5-3-2-4-6-12/h2-9H,15H2,1H3. The van der Waals surface area contributed by atoms with Crippen LogP contribution in [0.15, 0.2) is 48.5 Å². The van der Waals surface area contributed by atoms with Crippen LogP contribution in [0.4, 0.5) is 5.69 Å². The van der Waals surface area contributed by atoms with Crippen LogP contribution >= 0.6 is 0 Å². The molecule has 0 bridgehead atoms. The Hall–Kier alpha value is -2.29. The summed E-state index contributed by atoms with van der Waals surface area (Å²) in [5.41, 5.74) is 6.88. The average Bonchev–Trinajstić information content (AvgIpc) is 2.33. The summed E-state index contributed by atoms with van der Waals surface area (Å²) in [6.07, 6.45) is 0. The van der Waals surface area contributed by atoms with Gasteiger partial charge >= 0.3 is 0 Å². The fourth-order valence-electron chi connectivity index (χ4n) is 1.48. The van der Waals surface area contributed by atoms with E-state index in [1.165, 1.54) is 6.92 Å². The van der Waals surface area contributed by atoms with Gasteiger partial charge in [0.25, 0.3) is 0 Å². The zero-order chi connectivity index (χ0) is 12.3. The van der Waals surface area contributed by atoms with E-state index >= 15 is 0 Å². The second kappa shape index (κ2) is 4.70. The van der Waals surface area contributed by atoms with Crippen LogP contribution in [0.5, 0.6) is 11.5 Å². The molecule has 0 aliphatic carbocycles. The van der Waals surface area contributed by atoms with Crippen LogP contribution in [0, 0.1) is 0 Å². The van der Waals surface area contributed by atoms with Gasteiger partial charge in [-0.05, 0) is 37.3 Å². The molecule has 0 heterocycles. The number of anilines is 1. The highest BCUT2D eigenvalue weighted by Gasteiger charge is 2.05. The van der Waals surface area contributed by atoms with E-state index in [0.717, 1.165) is 5.75 Å². The van der Waals surface area contributed by atoms with E-state index < -0.39 is 0 Å². The third-order valence-electron chi connectivity index (χ3n) is 2.39. The molecule has 2 aromatic rings. The van der Waals surface area contributed by atoms with Crippen molar-refractivity contribution in [2.75, 3.05) is 5.73 Å². The molecule has 0 amide bonds. The van der Waals surface area contributed by atoms with Gasteiger partial charge in [-0.15, -0.1) is 0 Å². The molecule has 0 aliphatic heterocycles. The van der Waals surface area contributed by atoms with Crippen molar-refractivity contribution < 1.29 is 9.53 Å². The van der Waals surface area contributed by atoms with Gasteiger partial charge in [0, 0.05) is 5.56 Å². The molecular formula is C14H13NO2. The smallest absolute Gasteiger partial charge is 0.159 e. The highest BCUT2D eigenvalue weighted by Crippen LogP contribution is 2.28. The summed E-state index contributed by atoms with van der Waals surface area (Å²) in [6, 6.07) is 14.4. The predicted molar refractivity (Wildman–Crippen MR) is 67.4 cm³/mol. The number of nitrogens with two attached hydrogens (primary N) is 1. The molecule has 2 rings (SSSR count). The lowest BCUT2D eigenvalue weighted by molar-refractivity contribution is 0.101. The lowest BCUT2D eigenvalue weighted by Crippen LogP contribution is -1.97. The van der Waals surface area contributed by atoms with Gasteiger partial charge in [0.2, 0.25) is 0 Å². The molecule has 0 aromatic heterocycles. The summed E-state index contributed by atoms with van der Waals surface area (Å²) in [5.74, 6) is 1.26. The number of carbonyl (C=O) groups excluding carboxylic acids is 1. The minimum atomic E-state index is -0.0111. The number of ether oxygens (including phenoxy) is 1. The predicted octanol–water partition coefficient (Wildman–Crippen LogP) is 3.26. The van der Waals surface area contributed by atoms with E-state index in [9.17, 15) is 4.79 Å². The average molecular weight is 227 g/mol. The number of para-hydroxylation sites is 1. The van der Waals surface area contributed by atoms with Gasteiger partial charge in [-0.3, -0.25) is 4.79 Å². The van der Waals surface area contributed by atoms with Gasteiger partial charge in [0.1, 0.15) is 11.5 Å². The first-order valence-corrected chi connectivity index (χ1v) is 5.30. The van der Waals surface area contributed by atoms with Crippen molar-refractivity contribution in [2.45, 2.75) is 6.92 Å². The second-order valence-electron chi connectivity index (χ2n) is 3.72. The fraction of sp³-hybridized carbons (Fsp3) is 0.0714. The molecule has 0 radical (unpaired) electrons. The van der Waals surface area contributed by atoms with Gasteiger partial charge in [0.05, 0.1) is 5.69 Å². The Bertz CT molecular complexity index is 535. The minimum Gasteiger partial charge on any atom is -0.455 e. The van der Waals surface area contributed by atoms with Crippen molar-refractivity contribution >= 4 is 11.5 Å². The Morgan fingerprint density at radius 1 is 1.12 bits per heavy atom. The first kappa shape index (κ1) is 11.2. The fourth-order valence-corrected chi connectivity index (χ4v) is 1.48. The maximum atomic E-state index is 11.2. The van der Waals surface area contributed by atoms with Crippen LogP contribution in [-0.4, -0.2) is 5.78 Å². The molecule has 0 unspecified atom stereocenters. The second-order valence-corrected chi connectivity index (χ2v) is 3.72. The summed E-state index contributed by atoms with van der Waals surface area (Å²) in [7, 11) is 0. The summed E-state index contributed by atoms with van der Waals surface area (Å²) in [4.78, 5) is 11.2. The van der Waals surface area contributed by atoms with Gasteiger partial charge in [-0.2, -0.15) is 0 Å². The van der Waals surface area contributed by atoms with Crippen LogP contribution in [0.1, 0.15) is 17.3 Å². The normalized spacial score (nSPS) is 9.94. The molecule has 0 atom stereocenters. The van der Waals surface area contributed by atoms with Crippen molar-refractivity contribution in [1.29, 1.82) is 0 Å². The number of carbonyl (C=O) groups is 1. The van der Waals surface area contributed by atoms with Crippen LogP contribution in [0.2, 0.25) is 0 Å². The molecule has 0 spiro atoms.